The first-order valence-corrected chi connectivity index (χ1v) is 8.12. The molecule has 0 saturated heterocycles. The van der Waals surface area contributed by atoms with Crippen LogP contribution in [0.15, 0.2) is 68.8 Å². The molecule has 2 N–H and O–H groups in total. The van der Waals surface area contributed by atoms with Crippen LogP contribution in [0.25, 0.3) is 17.8 Å². The molecule has 0 radical (unpaired) electrons. The zero-order chi connectivity index (χ0) is 18.3. The number of aromatic nitrogens is 2. The summed E-state index contributed by atoms with van der Waals surface area (Å²) in [4.78, 5) is 31.0. The van der Waals surface area contributed by atoms with Gasteiger partial charge in [-0.25, -0.2) is 14.4 Å². The van der Waals surface area contributed by atoms with Crippen LogP contribution in [0.5, 0.6) is 5.88 Å². The second kappa shape index (κ2) is 6.16. The van der Waals surface area contributed by atoms with Crippen LogP contribution in [0.2, 0.25) is 5.02 Å². The number of nitrogens with zero attached hydrogens (tertiary/aromatic N) is 2. The first-order chi connectivity index (χ1) is 12.5. The van der Waals surface area contributed by atoms with Crippen molar-refractivity contribution in [2.75, 3.05) is 0 Å². The summed E-state index contributed by atoms with van der Waals surface area (Å²) < 4.78 is 1.01. The van der Waals surface area contributed by atoms with Gasteiger partial charge in [0, 0.05) is 10.2 Å². The molecule has 0 saturated carbocycles. The molecule has 3 aromatic rings. The number of halogens is 1. The van der Waals surface area contributed by atoms with Gasteiger partial charge < -0.3 is 5.11 Å². The van der Waals surface area contributed by atoms with Crippen LogP contribution in [-0.4, -0.2) is 14.7 Å². The van der Waals surface area contributed by atoms with Crippen molar-refractivity contribution in [2.45, 2.75) is 0 Å². The zero-order valence-corrected chi connectivity index (χ0v) is 14.1. The van der Waals surface area contributed by atoms with Gasteiger partial charge in [0.15, 0.2) is 0 Å². The van der Waals surface area contributed by atoms with Crippen LogP contribution in [0.3, 0.4) is 0 Å². The van der Waals surface area contributed by atoms with Crippen molar-refractivity contribution in [3.05, 3.63) is 96.2 Å². The summed E-state index contributed by atoms with van der Waals surface area (Å²) in [5, 5.41) is 12.7. The Labute approximate surface area is 151 Å². The van der Waals surface area contributed by atoms with E-state index in [4.69, 9.17) is 11.6 Å². The summed E-state index contributed by atoms with van der Waals surface area (Å²) in [6.45, 7) is 0. The smallest absolute Gasteiger partial charge is 0.335 e. The molecule has 0 unspecified atom stereocenters. The predicted molar refractivity (Wildman–Crippen MR) is 99.0 cm³/mol. The quantitative estimate of drug-likeness (QED) is 0.718. The van der Waals surface area contributed by atoms with Gasteiger partial charge in [0.25, 0.3) is 5.56 Å². The van der Waals surface area contributed by atoms with Crippen LogP contribution in [-0.2, 0) is 0 Å². The molecule has 6 nitrogen and oxygen atoms in total. The number of aromatic hydroxyl groups is 1. The molecule has 128 valence electrons. The second-order valence-electron chi connectivity index (χ2n) is 5.69. The van der Waals surface area contributed by atoms with Crippen LogP contribution in [0.1, 0.15) is 5.56 Å². The van der Waals surface area contributed by atoms with Crippen molar-refractivity contribution in [1.82, 2.24) is 9.55 Å². The summed E-state index contributed by atoms with van der Waals surface area (Å²) in [6, 6.07) is 13.8. The van der Waals surface area contributed by atoms with Gasteiger partial charge >= 0.3 is 5.69 Å². The Hall–Kier alpha value is -3.38. The number of benzene rings is 2. The molecule has 0 spiro atoms. The largest absolute Gasteiger partial charge is 0.494 e. The number of nitrogens with one attached hydrogen (secondary N) is 1. The van der Waals surface area contributed by atoms with Gasteiger partial charge in [0.1, 0.15) is 5.56 Å². The minimum Gasteiger partial charge on any atom is -0.494 e. The predicted octanol–water partition coefficient (Wildman–Crippen LogP) is 1.34. The fourth-order valence-corrected chi connectivity index (χ4v) is 2.89. The standard InChI is InChI=1S/C19H12ClN3O3/c20-12-5-7-14(8-6-12)23-18(25)15(17(24)22-19(23)26)10-13-9-11-3-1-2-4-16(11)21-13/h1-10,25H,(H,22,24,26). The van der Waals surface area contributed by atoms with E-state index in [0.717, 1.165) is 15.1 Å². The Morgan fingerprint density at radius 2 is 1.81 bits per heavy atom. The van der Waals surface area contributed by atoms with Gasteiger partial charge in [0.05, 0.1) is 16.7 Å². The lowest BCUT2D eigenvalue weighted by molar-refractivity contribution is 0.429. The molecule has 2 aromatic carbocycles. The summed E-state index contributed by atoms with van der Waals surface area (Å²) in [5.74, 6) is -0.465. The number of hydrogen-bond acceptors (Lipinski definition) is 4. The van der Waals surface area contributed by atoms with Gasteiger partial charge in [0.2, 0.25) is 5.88 Å². The minimum absolute atomic E-state index is 0.0534. The average Bonchev–Trinajstić information content (AvgIpc) is 3.03. The maximum Gasteiger partial charge on any atom is 0.335 e. The minimum atomic E-state index is -0.743. The lowest BCUT2D eigenvalue weighted by Crippen LogP contribution is -2.30. The van der Waals surface area contributed by atoms with Crippen LogP contribution < -0.4 is 21.8 Å². The molecule has 2 heterocycles. The highest BCUT2D eigenvalue weighted by Gasteiger charge is 2.15. The highest BCUT2D eigenvalue weighted by Crippen LogP contribution is 2.20. The molecule has 0 fully saturated rings. The first kappa shape index (κ1) is 16.1. The number of allylic oxidation sites excluding steroid dienone is 1. The third-order valence-electron chi connectivity index (χ3n) is 3.99. The van der Waals surface area contributed by atoms with E-state index < -0.39 is 17.1 Å². The van der Waals surface area contributed by atoms with Gasteiger partial charge in [-0.2, -0.15) is 0 Å². The van der Waals surface area contributed by atoms with Gasteiger partial charge in [-0.3, -0.25) is 9.78 Å². The van der Waals surface area contributed by atoms with Crippen molar-refractivity contribution >= 4 is 23.8 Å². The van der Waals surface area contributed by atoms with Crippen molar-refractivity contribution in [1.29, 1.82) is 0 Å². The van der Waals surface area contributed by atoms with Crippen molar-refractivity contribution in [2.24, 2.45) is 4.99 Å². The van der Waals surface area contributed by atoms with Crippen LogP contribution >= 0.6 is 11.6 Å². The third kappa shape index (κ3) is 2.76. The normalized spacial score (nSPS) is 14.0. The summed E-state index contributed by atoms with van der Waals surface area (Å²) >= 11 is 5.86. The lowest BCUT2D eigenvalue weighted by Gasteiger charge is -2.10. The highest BCUT2D eigenvalue weighted by atomic mass is 35.5. The van der Waals surface area contributed by atoms with E-state index in [0.29, 0.717) is 16.4 Å². The number of rotatable bonds is 2. The van der Waals surface area contributed by atoms with E-state index >= 15 is 0 Å². The fraction of sp³-hybridized carbons (Fsp3) is 0. The van der Waals surface area contributed by atoms with Crippen LogP contribution in [0, 0.1) is 0 Å². The Morgan fingerprint density at radius 3 is 2.54 bits per heavy atom. The highest BCUT2D eigenvalue weighted by molar-refractivity contribution is 6.30. The monoisotopic (exact) mass is 365 g/mol. The fourth-order valence-electron chi connectivity index (χ4n) is 2.76. The SMILES string of the molecule is O=c1[nH]c(=O)n(-c2ccc(Cl)cc2)c(O)c1C=C1C=c2ccccc2=N1. The molecule has 1 aromatic heterocycles. The Bertz CT molecular complexity index is 1250. The molecule has 1 aliphatic heterocycles. The topological polar surface area (TPSA) is 87.5 Å². The average molecular weight is 366 g/mol. The molecule has 0 atom stereocenters. The number of hydrogen-bond donors (Lipinski definition) is 2. The molecule has 0 bridgehead atoms. The molecule has 0 aliphatic carbocycles. The molecular weight excluding hydrogens is 354 g/mol. The summed E-state index contributed by atoms with van der Waals surface area (Å²) in [6.07, 6.45) is 3.24. The first-order valence-electron chi connectivity index (χ1n) is 7.74. The van der Waals surface area contributed by atoms with E-state index in [2.05, 4.69) is 9.98 Å². The molecular formula is C19H12ClN3O3. The third-order valence-corrected chi connectivity index (χ3v) is 4.24. The summed E-state index contributed by atoms with van der Waals surface area (Å²) in [5.41, 5.74) is -0.601. The van der Waals surface area contributed by atoms with Gasteiger partial charge in [-0.1, -0.05) is 29.8 Å². The maximum atomic E-state index is 12.2. The maximum absolute atomic E-state index is 12.2. The summed E-state index contributed by atoms with van der Waals surface area (Å²) in [7, 11) is 0. The number of aromatic amines is 1. The second-order valence-corrected chi connectivity index (χ2v) is 6.13. The number of fused-ring (bicyclic) bond motifs is 1. The van der Waals surface area contributed by atoms with Gasteiger partial charge in [-0.05, 0) is 42.5 Å². The Kier molecular flexibility index (Phi) is 3.82. The molecule has 7 heteroatoms. The van der Waals surface area contributed by atoms with Crippen molar-refractivity contribution < 1.29 is 5.11 Å². The molecule has 4 rings (SSSR count). The van der Waals surface area contributed by atoms with E-state index in [-0.39, 0.29) is 5.56 Å². The van der Waals surface area contributed by atoms with Crippen molar-refractivity contribution in [3.63, 3.8) is 0 Å². The number of H-pyrrole nitrogens is 1. The van der Waals surface area contributed by atoms with Crippen LogP contribution in [0.4, 0.5) is 0 Å². The van der Waals surface area contributed by atoms with E-state index in [1.807, 2.05) is 24.3 Å². The number of para-hydroxylation sites is 1. The van der Waals surface area contributed by atoms with Gasteiger partial charge in [-0.15, -0.1) is 0 Å². The Balaban J connectivity index is 1.91. The van der Waals surface area contributed by atoms with E-state index in [1.165, 1.54) is 6.08 Å². The Morgan fingerprint density at radius 1 is 1.08 bits per heavy atom. The molecule has 1 aliphatic rings. The van der Waals surface area contributed by atoms with E-state index in [1.54, 1.807) is 30.3 Å². The molecule has 26 heavy (non-hydrogen) atoms. The zero-order valence-electron chi connectivity index (χ0n) is 13.3. The van der Waals surface area contributed by atoms with Crippen molar-refractivity contribution in [3.8, 4) is 11.6 Å². The van der Waals surface area contributed by atoms with E-state index in [9.17, 15) is 14.7 Å². The molecule has 0 amide bonds. The lowest BCUT2D eigenvalue weighted by atomic mass is 10.2.